The molecule has 0 radical (unpaired) electrons. The second kappa shape index (κ2) is 25.3. The van der Waals surface area contributed by atoms with Crippen molar-refractivity contribution in [3.8, 4) is 0 Å². The summed E-state index contributed by atoms with van der Waals surface area (Å²) < 4.78 is 0. The Morgan fingerprint density at radius 2 is 0.793 bits per heavy atom. The maximum atomic E-state index is 2.49. The highest BCUT2D eigenvalue weighted by atomic mass is 14.0. The van der Waals surface area contributed by atoms with Gasteiger partial charge in [-0.1, -0.05) is 128 Å². The normalized spacial score (nSPS) is 13.3. The van der Waals surface area contributed by atoms with E-state index in [4.69, 9.17) is 0 Å². The van der Waals surface area contributed by atoms with Crippen LogP contribution in [-0.2, 0) is 0 Å². The first-order chi connectivity index (χ1) is 14.3. The molecule has 0 saturated heterocycles. The topological polar surface area (TPSA) is 0 Å². The molecule has 0 nitrogen and oxygen atoms in total. The van der Waals surface area contributed by atoms with Crippen LogP contribution in [0.2, 0.25) is 0 Å². The van der Waals surface area contributed by atoms with Crippen LogP contribution in [0.3, 0.4) is 0 Å². The minimum atomic E-state index is 0.631. The molecule has 0 aliphatic heterocycles. The third-order valence-corrected chi connectivity index (χ3v) is 5.77. The van der Waals surface area contributed by atoms with Crippen molar-refractivity contribution in [2.24, 2.45) is 5.92 Å². The predicted molar refractivity (Wildman–Crippen MR) is 136 cm³/mol. The summed E-state index contributed by atoms with van der Waals surface area (Å²) in [5.41, 5.74) is 0. The van der Waals surface area contributed by atoms with Crippen LogP contribution in [0, 0.1) is 5.92 Å². The van der Waals surface area contributed by atoms with Gasteiger partial charge in [0, 0.05) is 0 Å². The summed E-state index contributed by atoms with van der Waals surface area (Å²) in [4.78, 5) is 0. The monoisotopic (exact) mass is 402 g/mol. The predicted octanol–water partition coefficient (Wildman–Crippen LogP) is 10.7. The minimum Gasteiger partial charge on any atom is -0.0885 e. The highest BCUT2D eigenvalue weighted by molar-refractivity contribution is 5.01. The smallest absolute Gasteiger partial charge is 0.00506 e. The molecule has 0 saturated carbocycles. The summed E-state index contributed by atoms with van der Waals surface area (Å²) in [6.45, 7) is 6.87. The number of rotatable bonds is 22. The van der Waals surface area contributed by atoms with E-state index in [0.29, 0.717) is 5.92 Å². The Morgan fingerprint density at radius 3 is 1.34 bits per heavy atom. The van der Waals surface area contributed by atoms with Crippen LogP contribution >= 0.6 is 0 Å². The first-order valence-electron chi connectivity index (χ1n) is 13.3. The largest absolute Gasteiger partial charge is 0.0885 e. The molecule has 0 rings (SSSR count). The van der Waals surface area contributed by atoms with Gasteiger partial charge in [-0.05, 0) is 57.3 Å². The molecule has 1 unspecified atom stereocenters. The van der Waals surface area contributed by atoms with Crippen molar-refractivity contribution in [3.05, 3.63) is 36.5 Å². The van der Waals surface area contributed by atoms with Crippen molar-refractivity contribution in [1.82, 2.24) is 0 Å². The summed E-state index contributed by atoms with van der Waals surface area (Å²) >= 11 is 0. The van der Waals surface area contributed by atoms with Crippen LogP contribution in [0.5, 0.6) is 0 Å². The number of hydrogen-bond acceptors (Lipinski definition) is 0. The van der Waals surface area contributed by atoms with Gasteiger partial charge >= 0.3 is 0 Å². The summed E-state index contributed by atoms with van der Waals surface area (Å²) in [5.74, 6) is 0.631. The highest BCUT2D eigenvalue weighted by Gasteiger charge is 1.99. The van der Waals surface area contributed by atoms with E-state index in [0.717, 1.165) is 0 Å². The van der Waals surface area contributed by atoms with Gasteiger partial charge in [-0.15, -0.1) is 0 Å². The number of unbranched alkanes of at least 4 members (excludes halogenated alkanes) is 14. The molecule has 1 atom stereocenters. The van der Waals surface area contributed by atoms with Crippen molar-refractivity contribution in [2.75, 3.05) is 0 Å². The molecule has 0 spiro atoms. The van der Waals surface area contributed by atoms with Gasteiger partial charge in [0.1, 0.15) is 0 Å². The summed E-state index contributed by atoms with van der Waals surface area (Å²) in [5, 5.41) is 0. The van der Waals surface area contributed by atoms with E-state index in [1.165, 1.54) is 122 Å². The third kappa shape index (κ3) is 23.4. The average Bonchev–Trinajstić information content (AvgIpc) is 2.73. The average molecular weight is 403 g/mol. The second-order valence-corrected chi connectivity index (χ2v) is 8.82. The molecule has 0 amide bonds. The Balaban J connectivity index is 4.13. The fraction of sp³-hybridized carbons (Fsp3) is 0.793. The van der Waals surface area contributed by atoms with Crippen molar-refractivity contribution in [3.63, 3.8) is 0 Å². The van der Waals surface area contributed by atoms with Crippen molar-refractivity contribution in [2.45, 2.75) is 143 Å². The minimum absolute atomic E-state index is 0.631. The van der Waals surface area contributed by atoms with E-state index >= 15 is 0 Å². The quantitative estimate of drug-likeness (QED) is 0.125. The second-order valence-electron chi connectivity index (χ2n) is 8.82. The molecular weight excluding hydrogens is 348 g/mol. The lowest BCUT2D eigenvalue weighted by molar-refractivity contribution is 0.610. The molecule has 170 valence electrons. The van der Waals surface area contributed by atoms with Gasteiger partial charge in [-0.2, -0.15) is 0 Å². The maximum absolute atomic E-state index is 2.49. The van der Waals surface area contributed by atoms with Crippen molar-refractivity contribution in [1.29, 1.82) is 0 Å². The van der Waals surface area contributed by atoms with Crippen LogP contribution in [0.15, 0.2) is 36.5 Å². The molecule has 0 aromatic carbocycles. The molecule has 0 fully saturated rings. The Morgan fingerprint density at radius 1 is 0.414 bits per heavy atom. The molecule has 0 aliphatic carbocycles. The highest BCUT2D eigenvalue weighted by Crippen LogP contribution is 2.15. The van der Waals surface area contributed by atoms with Gasteiger partial charge in [-0.3, -0.25) is 0 Å². The van der Waals surface area contributed by atoms with Crippen LogP contribution < -0.4 is 0 Å². The third-order valence-electron chi connectivity index (χ3n) is 5.77. The van der Waals surface area contributed by atoms with Crippen LogP contribution in [0.4, 0.5) is 0 Å². The summed E-state index contributed by atoms with van der Waals surface area (Å²) in [7, 11) is 0. The van der Waals surface area contributed by atoms with Crippen LogP contribution in [-0.4, -0.2) is 0 Å². The van der Waals surface area contributed by atoms with Gasteiger partial charge in [0.25, 0.3) is 0 Å². The van der Waals surface area contributed by atoms with E-state index in [1.807, 2.05) is 0 Å². The van der Waals surface area contributed by atoms with Crippen LogP contribution in [0.1, 0.15) is 143 Å². The lowest BCUT2D eigenvalue weighted by Crippen LogP contribution is -1.91. The molecule has 0 bridgehead atoms. The molecule has 0 heteroatoms. The molecule has 0 aromatic rings. The lowest BCUT2D eigenvalue weighted by Gasteiger charge is -2.06. The molecule has 0 heterocycles. The van der Waals surface area contributed by atoms with E-state index in [1.54, 1.807) is 0 Å². The lowest BCUT2D eigenvalue weighted by atomic mass is 9.99. The zero-order valence-corrected chi connectivity index (χ0v) is 20.5. The fourth-order valence-electron chi connectivity index (χ4n) is 3.74. The maximum Gasteiger partial charge on any atom is -0.00506 e. The van der Waals surface area contributed by atoms with Gasteiger partial charge < -0.3 is 0 Å². The van der Waals surface area contributed by atoms with Gasteiger partial charge in [0.2, 0.25) is 0 Å². The molecule has 0 N–H and O–H groups in total. The summed E-state index contributed by atoms with van der Waals surface area (Å²) in [6, 6.07) is 0. The van der Waals surface area contributed by atoms with Gasteiger partial charge in [-0.25, -0.2) is 0 Å². The molecule has 0 aliphatic rings. The van der Waals surface area contributed by atoms with Crippen LogP contribution in [0.25, 0.3) is 0 Å². The zero-order chi connectivity index (χ0) is 21.3. The number of hydrogen-bond donors (Lipinski definition) is 0. The van der Waals surface area contributed by atoms with Gasteiger partial charge in [0.05, 0.1) is 0 Å². The van der Waals surface area contributed by atoms with Gasteiger partial charge in [0.15, 0.2) is 0 Å². The molecule has 29 heavy (non-hydrogen) atoms. The number of allylic oxidation sites excluding steroid dienone is 6. The fourth-order valence-corrected chi connectivity index (χ4v) is 3.74. The van der Waals surface area contributed by atoms with E-state index in [-0.39, 0.29) is 0 Å². The van der Waals surface area contributed by atoms with E-state index < -0.39 is 0 Å². The summed E-state index contributed by atoms with van der Waals surface area (Å²) in [6.07, 6.45) is 40.3. The Labute approximate surface area is 185 Å². The molecule has 0 aromatic heterocycles. The zero-order valence-electron chi connectivity index (χ0n) is 20.5. The van der Waals surface area contributed by atoms with E-state index in [2.05, 4.69) is 57.2 Å². The Bertz CT molecular complexity index is 373. The van der Waals surface area contributed by atoms with E-state index in [9.17, 15) is 0 Å². The molecular formula is C29H54. The SMILES string of the molecule is CCCCCC=CCCC(C=CCCCCCCC)C=CCCCCCCCC. The first-order valence-corrected chi connectivity index (χ1v) is 13.3. The first kappa shape index (κ1) is 28.2. The Hall–Kier alpha value is -0.780. The van der Waals surface area contributed by atoms with Crippen molar-refractivity contribution >= 4 is 0 Å². The Kier molecular flexibility index (Phi) is 24.6. The van der Waals surface area contributed by atoms with Crippen molar-refractivity contribution < 1.29 is 0 Å². The standard InChI is InChI=1S/C29H54/c1-4-7-10-13-16-19-22-25-28-29(26-23-20-17-14-11-8-5-2)27-24-21-18-15-12-9-6-3/h17,20,24-25,27-29H,4-16,18-19,21-23,26H2,1-3H3.